The van der Waals surface area contributed by atoms with Crippen LogP contribution < -0.4 is 14.4 Å². The first kappa shape index (κ1) is 28.4. The van der Waals surface area contributed by atoms with Crippen LogP contribution in [0.4, 0.5) is 5.69 Å². The van der Waals surface area contributed by atoms with Crippen LogP contribution in [0.15, 0.2) is 54.9 Å². The van der Waals surface area contributed by atoms with E-state index >= 15 is 0 Å². The Balaban J connectivity index is 0.00000323. The molecule has 1 saturated heterocycles. The summed E-state index contributed by atoms with van der Waals surface area (Å²) in [4.78, 5) is 13.9. The highest BCUT2D eigenvalue weighted by molar-refractivity contribution is 7.59. The number of hydrogen-bond acceptors (Lipinski definition) is 5. The summed E-state index contributed by atoms with van der Waals surface area (Å²) < 4.78 is 13.9. The Labute approximate surface area is 243 Å². The van der Waals surface area contributed by atoms with Crippen molar-refractivity contribution in [2.45, 2.75) is 57.4 Å². The number of benzene rings is 2. The molecule has 3 aromatic rings. The second kappa shape index (κ2) is 12.6. The molecular formula is C32H41N3O4S. The number of ether oxygens (including phenoxy) is 2. The summed E-state index contributed by atoms with van der Waals surface area (Å²) in [5.74, 6) is 2.86. The van der Waals surface area contributed by atoms with Crippen molar-refractivity contribution in [3.05, 3.63) is 60.4 Å². The summed E-state index contributed by atoms with van der Waals surface area (Å²) >= 11 is 0. The van der Waals surface area contributed by atoms with E-state index in [9.17, 15) is 9.90 Å². The van der Waals surface area contributed by atoms with Gasteiger partial charge in [-0.2, -0.15) is 18.6 Å². The van der Waals surface area contributed by atoms with Crippen molar-refractivity contribution in [1.29, 1.82) is 0 Å². The molecule has 0 amide bonds. The van der Waals surface area contributed by atoms with Gasteiger partial charge in [-0.1, -0.05) is 12.1 Å². The molecule has 0 radical (unpaired) electrons. The largest absolute Gasteiger partial charge is 0.497 e. The van der Waals surface area contributed by atoms with Gasteiger partial charge in [-0.25, -0.2) is 0 Å². The Morgan fingerprint density at radius 2 is 1.82 bits per heavy atom. The molecule has 2 aromatic carbocycles. The van der Waals surface area contributed by atoms with Gasteiger partial charge in [0, 0.05) is 48.7 Å². The number of methoxy groups -OCH3 is 1. The van der Waals surface area contributed by atoms with Gasteiger partial charge in [0.1, 0.15) is 11.5 Å². The van der Waals surface area contributed by atoms with E-state index in [0.717, 1.165) is 73.9 Å². The van der Waals surface area contributed by atoms with Crippen molar-refractivity contribution in [3.63, 3.8) is 0 Å². The standard InChI is InChI=1S/C32H39N3O4.H2S/c1-38-27-9-10-29(26-18-33-35(20-26)19-22-5-6-22)31(16-27)34-13-11-23(12-14-34)21-39-28-4-2-3-25(15-28)30(17-32(36)37)24-7-8-24;/h2-4,9-10,15-16,18,20,22-24,30H,5-8,11-14,17,19,21H2,1H3,(H,36,37);1H2/t30-;/m0./s1. The molecule has 6 rings (SSSR count). The molecule has 1 atom stereocenters. The van der Waals surface area contributed by atoms with E-state index in [4.69, 9.17) is 9.47 Å². The number of carbonyl (C=O) groups is 1. The molecule has 0 unspecified atom stereocenters. The van der Waals surface area contributed by atoms with Crippen molar-refractivity contribution < 1.29 is 19.4 Å². The van der Waals surface area contributed by atoms with E-state index in [0.29, 0.717) is 18.4 Å². The molecule has 8 heteroatoms. The summed E-state index contributed by atoms with van der Waals surface area (Å²) in [6.07, 6.45) is 11.4. The van der Waals surface area contributed by atoms with Gasteiger partial charge in [-0.05, 0) is 92.0 Å². The quantitative estimate of drug-likeness (QED) is 0.277. The average Bonchev–Trinajstić information content (AvgIpc) is 3.90. The van der Waals surface area contributed by atoms with Gasteiger partial charge in [0.15, 0.2) is 0 Å². The van der Waals surface area contributed by atoms with Gasteiger partial charge in [0.25, 0.3) is 0 Å². The van der Waals surface area contributed by atoms with Crippen LogP contribution in [0.1, 0.15) is 56.4 Å². The fourth-order valence-corrected chi connectivity index (χ4v) is 5.94. The zero-order valence-electron chi connectivity index (χ0n) is 23.3. The number of carboxylic acids is 1. The minimum Gasteiger partial charge on any atom is -0.497 e. The third kappa shape index (κ3) is 6.95. The highest BCUT2D eigenvalue weighted by Gasteiger charge is 2.34. The molecule has 7 nitrogen and oxygen atoms in total. The van der Waals surface area contributed by atoms with Crippen LogP contribution in [0.3, 0.4) is 0 Å². The van der Waals surface area contributed by atoms with Crippen LogP contribution in [-0.2, 0) is 11.3 Å². The molecule has 1 N–H and O–H groups in total. The second-order valence-electron chi connectivity index (χ2n) is 11.6. The number of aliphatic carboxylic acids is 1. The van der Waals surface area contributed by atoms with Crippen LogP contribution >= 0.6 is 13.5 Å². The maximum absolute atomic E-state index is 11.4. The molecule has 0 bridgehead atoms. The smallest absolute Gasteiger partial charge is 0.303 e. The van der Waals surface area contributed by atoms with Gasteiger partial charge in [-0.15, -0.1) is 0 Å². The lowest BCUT2D eigenvalue weighted by Gasteiger charge is -2.34. The second-order valence-corrected chi connectivity index (χ2v) is 11.6. The average molecular weight is 564 g/mol. The third-order valence-corrected chi connectivity index (χ3v) is 8.60. The molecule has 3 fully saturated rings. The van der Waals surface area contributed by atoms with Crippen LogP contribution in [0.2, 0.25) is 0 Å². The number of hydrogen-bond donors (Lipinski definition) is 1. The van der Waals surface area contributed by atoms with E-state index in [1.807, 2.05) is 24.4 Å². The number of piperidine rings is 1. The summed E-state index contributed by atoms with van der Waals surface area (Å²) in [6, 6.07) is 14.5. The van der Waals surface area contributed by atoms with Crippen molar-refractivity contribution in [1.82, 2.24) is 9.78 Å². The Bertz CT molecular complexity index is 1290. The number of aromatic nitrogens is 2. The van der Waals surface area contributed by atoms with E-state index < -0.39 is 5.97 Å². The monoisotopic (exact) mass is 563 g/mol. The highest BCUT2D eigenvalue weighted by atomic mass is 32.1. The van der Waals surface area contributed by atoms with E-state index in [2.05, 4.69) is 45.1 Å². The number of carboxylic acid groups (broad SMARTS) is 1. The van der Waals surface area contributed by atoms with Gasteiger partial charge in [0.2, 0.25) is 0 Å². The Morgan fingerprint density at radius 3 is 2.52 bits per heavy atom. The third-order valence-electron chi connectivity index (χ3n) is 8.60. The molecule has 3 aliphatic rings. The maximum atomic E-state index is 11.4. The van der Waals surface area contributed by atoms with Crippen molar-refractivity contribution in [2.75, 3.05) is 31.7 Å². The minimum absolute atomic E-state index is 0. The van der Waals surface area contributed by atoms with Gasteiger partial charge >= 0.3 is 5.97 Å². The van der Waals surface area contributed by atoms with Gasteiger partial charge < -0.3 is 19.5 Å². The van der Waals surface area contributed by atoms with E-state index in [1.54, 1.807) is 7.11 Å². The lowest BCUT2D eigenvalue weighted by Crippen LogP contribution is -2.35. The Hall–Kier alpha value is -3.13. The van der Waals surface area contributed by atoms with Crippen molar-refractivity contribution >= 4 is 25.2 Å². The number of rotatable bonds is 12. The lowest BCUT2D eigenvalue weighted by molar-refractivity contribution is -0.137. The van der Waals surface area contributed by atoms with Crippen LogP contribution in [0, 0.1) is 17.8 Å². The van der Waals surface area contributed by atoms with E-state index in [1.165, 1.54) is 24.1 Å². The summed E-state index contributed by atoms with van der Waals surface area (Å²) in [6.45, 7) is 3.63. The summed E-state index contributed by atoms with van der Waals surface area (Å²) in [5, 5.41) is 14.0. The zero-order valence-corrected chi connectivity index (χ0v) is 24.3. The fourth-order valence-electron chi connectivity index (χ4n) is 5.94. The molecule has 2 aliphatic carbocycles. The topological polar surface area (TPSA) is 76.8 Å². The normalized spacial score (nSPS) is 18.2. The van der Waals surface area contributed by atoms with Gasteiger partial charge in [-0.3, -0.25) is 9.48 Å². The zero-order chi connectivity index (χ0) is 26.8. The van der Waals surface area contributed by atoms with Gasteiger partial charge in [0.05, 0.1) is 26.3 Å². The van der Waals surface area contributed by atoms with Crippen LogP contribution in [0.25, 0.3) is 11.1 Å². The molecule has 1 aromatic heterocycles. The molecular weight excluding hydrogens is 522 g/mol. The summed E-state index contributed by atoms with van der Waals surface area (Å²) in [5.41, 5.74) is 4.66. The highest BCUT2D eigenvalue weighted by Crippen LogP contribution is 2.45. The maximum Gasteiger partial charge on any atom is 0.303 e. The van der Waals surface area contributed by atoms with E-state index in [-0.39, 0.29) is 25.8 Å². The van der Waals surface area contributed by atoms with Crippen molar-refractivity contribution in [2.24, 2.45) is 17.8 Å². The molecule has 40 heavy (non-hydrogen) atoms. The van der Waals surface area contributed by atoms with Crippen molar-refractivity contribution in [3.8, 4) is 22.6 Å². The number of nitrogens with zero attached hydrogens (tertiary/aromatic N) is 3. The van der Waals surface area contributed by atoms with Crippen LogP contribution in [0.5, 0.6) is 11.5 Å². The van der Waals surface area contributed by atoms with Crippen LogP contribution in [-0.4, -0.2) is 47.7 Å². The predicted octanol–water partition coefficient (Wildman–Crippen LogP) is 6.35. The predicted molar refractivity (Wildman–Crippen MR) is 162 cm³/mol. The first-order valence-corrected chi connectivity index (χ1v) is 14.5. The SMILES string of the molecule is COc1ccc(-c2cnn(CC3CC3)c2)c(N2CCC(COc3cccc([C@@H](CC(=O)O)C4CC4)c3)CC2)c1.S. The number of anilines is 1. The summed E-state index contributed by atoms with van der Waals surface area (Å²) in [7, 11) is 1.72. The Morgan fingerprint density at radius 1 is 1.02 bits per heavy atom. The minimum atomic E-state index is -0.726. The Kier molecular flexibility index (Phi) is 8.94. The molecule has 214 valence electrons. The molecule has 1 aliphatic heterocycles. The fraction of sp³-hybridized carbons (Fsp3) is 0.500. The molecule has 2 saturated carbocycles. The first-order chi connectivity index (χ1) is 19.1. The molecule has 2 heterocycles. The first-order valence-electron chi connectivity index (χ1n) is 14.5. The molecule has 0 spiro atoms. The lowest BCUT2D eigenvalue weighted by atomic mass is 9.91.